The SMILES string of the molecule is COC(=O)C1COCCN1C(=O)C1CCCC1C(=O)O. The molecule has 2 rings (SSSR count). The van der Waals surface area contributed by atoms with Gasteiger partial charge in [0.1, 0.15) is 0 Å². The van der Waals surface area contributed by atoms with Crippen LogP contribution in [0, 0.1) is 11.8 Å². The number of hydrogen-bond acceptors (Lipinski definition) is 5. The van der Waals surface area contributed by atoms with Gasteiger partial charge in [0.25, 0.3) is 0 Å². The summed E-state index contributed by atoms with van der Waals surface area (Å²) in [4.78, 5) is 36.8. The van der Waals surface area contributed by atoms with E-state index >= 15 is 0 Å². The van der Waals surface area contributed by atoms with Gasteiger partial charge in [-0.3, -0.25) is 9.59 Å². The molecule has 2 aliphatic rings. The van der Waals surface area contributed by atoms with Crippen molar-refractivity contribution in [3.63, 3.8) is 0 Å². The first-order valence-electron chi connectivity index (χ1n) is 6.75. The molecule has 1 N–H and O–H groups in total. The topological polar surface area (TPSA) is 93.1 Å². The molecule has 1 aliphatic carbocycles. The molecule has 1 saturated carbocycles. The van der Waals surface area contributed by atoms with Crippen LogP contribution in [0.1, 0.15) is 19.3 Å². The van der Waals surface area contributed by atoms with Crippen molar-refractivity contribution in [2.75, 3.05) is 26.9 Å². The van der Waals surface area contributed by atoms with E-state index in [1.54, 1.807) is 0 Å². The number of ether oxygens (including phenoxy) is 2. The lowest BCUT2D eigenvalue weighted by Gasteiger charge is -2.35. The number of carboxylic acid groups (broad SMARTS) is 1. The van der Waals surface area contributed by atoms with Crippen LogP contribution in [0.3, 0.4) is 0 Å². The van der Waals surface area contributed by atoms with E-state index in [1.807, 2.05) is 0 Å². The second-order valence-electron chi connectivity index (χ2n) is 5.13. The minimum absolute atomic E-state index is 0.100. The van der Waals surface area contributed by atoms with Gasteiger partial charge in [-0.1, -0.05) is 6.42 Å². The zero-order chi connectivity index (χ0) is 14.7. The highest BCUT2D eigenvalue weighted by atomic mass is 16.5. The van der Waals surface area contributed by atoms with Crippen molar-refractivity contribution in [3.8, 4) is 0 Å². The van der Waals surface area contributed by atoms with Gasteiger partial charge in [0.15, 0.2) is 6.04 Å². The zero-order valence-corrected chi connectivity index (χ0v) is 11.4. The number of morpholine rings is 1. The second kappa shape index (κ2) is 6.21. The average molecular weight is 285 g/mol. The number of methoxy groups -OCH3 is 1. The summed E-state index contributed by atoms with van der Waals surface area (Å²) in [5, 5.41) is 9.17. The zero-order valence-electron chi connectivity index (χ0n) is 11.4. The first-order chi connectivity index (χ1) is 9.56. The molecule has 7 heteroatoms. The molecule has 0 radical (unpaired) electrons. The maximum atomic E-state index is 12.5. The van der Waals surface area contributed by atoms with Crippen LogP contribution < -0.4 is 0 Å². The molecule has 2 fully saturated rings. The third-order valence-electron chi connectivity index (χ3n) is 4.04. The van der Waals surface area contributed by atoms with Crippen molar-refractivity contribution >= 4 is 17.8 Å². The van der Waals surface area contributed by atoms with Crippen molar-refractivity contribution in [3.05, 3.63) is 0 Å². The lowest BCUT2D eigenvalue weighted by molar-refractivity contribution is -0.164. The molecule has 1 heterocycles. The molecule has 1 saturated heterocycles. The molecule has 0 spiro atoms. The predicted molar refractivity (Wildman–Crippen MR) is 66.8 cm³/mol. The predicted octanol–water partition coefficient (Wildman–Crippen LogP) is -0.112. The largest absolute Gasteiger partial charge is 0.481 e. The molecule has 1 amide bonds. The van der Waals surface area contributed by atoms with Gasteiger partial charge in [0.2, 0.25) is 5.91 Å². The Hall–Kier alpha value is -1.63. The Balaban J connectivity index is 2.13. The molecule has 7 nitrogen and oxygen atoms in total. The molecular formula is C13H19NO6. The summed E-state index contributed by atoms with van der Waals surface area (Å²) in [6.45, 7) is 0.744. The Bertz CT molecular complexity index is 410. The first kappa shape index (κ1) is 14.8. The van der Waals surface area contributed by atoms with E-state index in [1.165, 1.54) is 12.0 Å². The number of nitrogens with zero attached hydrogens (tertiary/aromatic N) is 1. The maximum absolute atomic E-state index is 12.5. The summed E-state index contributed by atoms with van der Waals surface area (Å²) in [6.07, 6.45) is 1.79. The van der Waals surface area contributed by atoms with Crippen molar-refractivity contribution in [2.45, 2.75) is 25.3 Å². The van der Waals surface area contributed by atoms with Gasteiger partial charge in [-0.15, -0.1) is 0 Å². The lowest BCUT2D eigenvalue weighted by atomic mass is 9.94. The number of carbonyl (C=O) groups is 3. The van der Waals surface area contributed by atoms with Crippen LogP contribution in [0.25, 0.3) is 0 Å². The monoisotopic (exact) mass is 285 g/mol. The summed E-state index contributed by atoms with van der Waals surface area (Å²) < 4.78 is 9.89. The number of esters is 1. The molecule has 0 bridgehead atoms. The molecular weight excluding hydrogens is 266 g/mol. The highest BCUT2D eigenvalue weighted by molar-refractivity contribution is 5.89. The third kappa shape index (κ3) is 2.77. The number of rotatable bonds is 3. The number of carboxylic acids is 1. The van der Waals surface area contributed by atoms with Gasteiger partial charge in [0, 0.05) is 6.54 Å². The fraction of sp³-hybridized carbons (Fsp3) is 0.769. The fourth-order valence-electron chi connectivity index (χ4n) is 2.96. The number of aliphatic carboxylic acids is 1. The Morgan fingerprint density at radius 2 is 1.95 bits per heavy atom. The normalized spacial score (nSPS) is 30.1. The van der Waals surface area contributed by atoms with E-state index in [-0.39, 0.29) is 12.5 Å². The lowest BCUT2D eigenvalue weighted by Crippen LogP contribution is -2.55. The molecule has 1 aliphatic heterocycles. The fourth-order valence-corrected chi connectivity index (χ4v) is 2.96. The Kier molecular flexibility index (Phi) is 4.59. The van der Waals surface area contributed by atoms with E-state index in [2.05, 4.69) is 4.74 Å². The van der Waals surface area contributed by atoms with Crippen LogP contribution in [-0.2, 0) is 23.9 Å². The first-order valence-corrected chi connectivity index (χ1v) is 6.75. The van der Waals surface area contributed by atoms with Crippen LogP contribution in [0.4, 0.5) is 0 Å². The van der Waals surface area contributed by atoms with E-state index in [0.717, 1.165) is 6.42 Å². The van der Waals surface area contributed by atoms with Crippen molar-refractivity contribution < 1.29 is 29.0 Å². The van der Waals surface area contributed by atoms with Crippen LogP contribution in [0.15, 0.2) is 0 Å². The molecule has 0 aromatic heterocycles. The number of carbonyl (C=O) groups excluding carboxylic acids is 2. The molecule has 0 aromatic carbocycles. The van der Waals surface area contributed by atoms with Crippen LogP contribution in [0.5, 0.6) is 0 Å². The van der Waals surface area contributed by atoms with Crippen LogP contribution >= 0.6 is 0 Å². The highest BCUT2D eigenvalue weighted by Crippen LogP contribution is 2.34. The summed E-state index contributed by atoms with van der Waals surface area (Å²) in [6, 6.07) is -0.767. The summed E-state index contributed by atoms with van der Waals surface area (Å²) in [5.41, 5.74) is 0. The highest BCUT2D eigenvalue weighted by Gasteiger charge is 2.43. The Morgan fingerprint density at radius 3 is 2.60 bits per heavy atom. The minimum atomic E-state index is -0.941. The van der Waals surface area contributed by atoms with Crippen molar-refractivity contribution in [2.24, 2.45) is 11.8 Å². The summed E-state index contributed by atoms with van der Waals surface area (Å²) >= 11 is 0. The van der Waals surface area contributed by atoms with Gasteiger partial charge in [-0.2, -0.15) is 0 Å². The van der Waals surface area contributed by atoms with Gasteiger partial charge in [0.05, 0.1) is 32.2 Å². The van der Waals surface area contributed by atoms with Gasteiger partial charge in [-0.05, 0) is 12.8 Å². The average Bonchev–Trinajstić information content (AvgIpc) is 2.95. The molecule has 20 heavy (non-hydrogen) atoms. The Morgan fingerprint density at radius 1 is 1.25 bits per heavy atom. The van der Waals surface area contributed by atoms with E-state index in [9.17, 15) is 14.4 Å². The summed E-state index contributed by atoms with van der Waals surface area (Å²) in [5.74, 6) is -2.93. The van der Waals surface area contributed by atoms with Crippen LogP contribution in [-0.4, -0.2) is 60.8 Å². The quantitative estimate of drug-likeness (QED) is 0.727. The minimum Gasteiger partial charge on any atom is -0.481 e. The second-order valence-corrected chi connectivity index (χ2v) is 5.13. The van der Waals surface area contributed by atoms with E-state index in [4.69, 9.17) is 9.84 Å². The van der Waals surface area contributed by atoms with E-state index < -0.39 is 29.8 Å². The molecule has 112 valence electrons. The summed E-state index contributed by atoms with van der Waals surface area (Å²) in [7, 11) is 1.26. The van der Waals surface area contributed by atoms with Gasteiger partial charge in [-0.25, -0.2) is 4.79 Å². The van der Waals surface area contributed by atoms with E-state index in [0.29, 0.717) is 26.0 Å². The van der Waals surface area contributed by atoms with Crippen molar-refractivity contribution in [1.29, 1.82) is 0 Å². The maximum Gasteiger partial charge on any atom is 0.331 e. The van der Waals surface area contributed by atoms with Crippen molar-refractivity contribution in [1.82, 2.24) is 4.90 Å². The van der Waals surface area contributed by atoms with Crippen LogP contribution in [0.2, 0.25) is 0 Å². The van der Waals surface area contributed by atoms with Gasteiger partial charge >= 0.3 is 11.9 Å². The Labute approximate surface area is 116 Å². The molecule has 3 atom stereocenters. The molecule has 0 aromatic rings. The third-order valence-corrected chi connectivity index (χ3v) is 4.04. The molecule has 3 unspecified atom stereocenters. The van der Waals surface area contributed by atoms with Gasteiger partial charge < -0.3 is 19.5 Å². The number of amides is 1. The standard InChI is InChI=1S/C13H19NO6/c1-19-13(18)10-7-20-6-5-14(10)11(15)8-3-2-4-9(8)12(16)17/h8-10H,2-7H2,1H3,(H,16,17). The smallest absolute Gasteiger partial charge is 0.331 e. The number of hydrogen-bond donors (Lipinski definition) is 1.